The van der Waals surface area contributed by atoms with Crippen molar-refractivity contribution in [3.05, 3.63) is 34.9 Å². The van der Waals surface area contributed by atoms with Gasteiger partial charge in [0.05, 0.1) is 6.54 Å². The fourth-order valence-electron chi connectivity index (χ4n) is 2.05. The summed E-state index contributed by atoms with van der Waals surface area (Å²) in [5.74, 6) is -0.859. The first-order valence-corrected chi connectivity index (χ1v) is 7.50. The van der Waals surface area contributed by atoms with Crippen molar-refractivity contribution in [3.63, 3.8) is 0 Å². The number of carbonyl (C=O) groups excluding carboxylic acids is 2. The zero-order valence-corrected chi connectivity index (χ0v) is 12.8. The van der Waals surface area contributed by atoms with E-state index in [4.69, 9.17) is 23.1 Å². The second-order valence-electron chi connectivity index (χ2n) is 5.29. The number of rotatable bonds is 5. The summed E-state index contributed by atoms with van der Waals surface area (Å²) in [6.45, 7) is 0.209. The van der Waals surface area contributed by atoms with Crippen LogP contribution >= 0.6 is 11.6 Å². The van der Waals surface area contributed by atoms with Crippen LogP contribution in [0.5, 0.6) is 0 Å². The van der Waals surface area contributed by atoms with E-state index in [1.807, 2.05) is 18.2 Å². The highest BCUT2D eigenvalue weighted by atomic mass is 35.5. The molecule has 0 radical (unpaired) electrons. The molecule has 118 valence electrons. The summed E-state index contributed by atoms with van der Waals surface area (Å²) in [6, 6.07) is 6.05. The average Bonchev–Trinajstić information content (AvgIpc) is 2.42. The van der Waals surface area contributed by atoms with Gasteiger partial charge in [0, 0.05) is 10.9 Å². The molecular weight excluding hydrogens is 304 g/mol. The minimum atomic E-state index is -1.15. The zero-order valence-electron chi connectivity index (χ0n) is 12.1. The summed E-state index contributed by atoms with van der Waals surface area (Å²) in [6.07, 6.45) is 2.72. The standard InChI is InChI=1S/C15H19ClN4O2/c16-11-7-2-1-4-10(11)8-19-14(12(17)13(18)21)20-15(22)9-5-3-6-9/h1-2,4,7,9,12H,3,5-6,8,17H2,(H2,18,21)(H,19,20,22). The molecule has 6 nitrogen and oxygen atoms in total. The van der Waals surface area contributed by atoms with Crippen LogP contribution in [-0.2, 0) is 16.1 Å². The van der Waals surface area contributed by atoms with Gasteiger partial charge in [-0.1, -0.05) is 36.2 Å². The summed E-state index contributed by atoms with van der Waals surface area (Å²) in [5.41, 5.74) is 11.7. The first-order valence-electron chi connectivity index (χ1n) is 7.12. The smallest absolute Gasteiger partial charge is 0.242 e. The molecule has 0 spiro atoms. The molecule has 1 saturated carbocycles. The predicted molar refractivity (Wildman–Crippen MR) is 85.2 cm³/mol. The molecule has 2 amide bonds. The molecule has 0 aromatic heterocycles. The third-order valence-corrected chi connectivity index (χ3v) is 4.07. The number of carbonyl (C=O) groups is 2. The molecule has 0 saturated heterocycles. The number of primary amides is 1. The molecule has 1 aliphatic carbocycles. The largest absolute Gasteiger partial charge is 0.368 e. The maximum atomic E-state index is 12.0. The normalized spacial score (nSPS) is 16.7. The second-order valence-corrected chi connectivity index (χ2v) is 5.70. The second kappa shape index (κ2) is 7.38. The van der Waals surface area contributed by atoms with Gasteiger partial charge in [-0.3, -0.25) is 14.6 Å². The lowest BCUT2D eigenvalue weighted by molar-refractivity contribution is -0.125. The van der Waals surface area contributed by atoms with Crippen molar-refractivity contribution >= 4 is 29.3 Å². The number of nitrogens with two attached hydrogens (primary N) is 2. The van der Waals surface area contributed by atoms with Crippen molar-refractivity contribution < 1.29 is 9.59 Å². The Balaban J connectivity index is 2.12. The van der Waals surface area contributed by atoms with Crippen molar-refractivity contribution in [3.8, 4) is 0 Å². The number of halogens is 1. The molecule has 1 unspecified atom stereocenters. The highest BCUT2D eigenvalue weighted by Gasteiger charge is 2.28. The van der Waals surface area contributed by atoms with Crippen LogP contribution in [0, 0.1) is 5.92 Å². The molecule has 0 aliphatic heterocycles. The molecule has 1 aromatic carbocycles. The summed E-state index contributed by atoms with van der Waals surface area (Å²) in [7, 11) is 0. The van der Waals surface area contributed by atoms with Gasteiger partial charge < -0.3 is 16.8 Å². The summed E-state index contributed by atoms with van der Waals surface area (Å²) >= 11 is 6.06. The summed E-state index contributed by atoms with van der Waals surface area (Å²) in [4.78, 5) is 27.5. The van der Waals surface area contributed by atoms with Crippen LogP contribution in [0.3, 0.4) is 0 Å². The Bertz CT molecular complexity index is 599. The SMILES string of the molecule is NC(=O)C(N)C(=NCc1ccccc1Cl)NC(=O)C1CCC1. The lowest BCUT2D eigenvalue weighted by Gasteiger charge is -2.25. The Morgan fingerprint density at radius 1 is 1.36 bits per heavy atom. The average molecular weight is 323 g/mol. The van der Waals surface area contributed by atoms with E-state index in [0.29, 0.717) is 5.02 Å². The minimum Gasteiger partial charge on any atom is -0.368 e. The molecule has 2 rings (SSSR count). The Labute approximate surface area is 133 Å². The van der Waals surface area contributed by atoms with Gasteiger partial charge in [0.1, 0.15) is 11.9 Å². The first-order chi connectivity index (χ1) is 10.5. The number of amidine groups is 1. The van der Waals surface area contributed by atoms with E-state index < -0.39 is 11.9 Å². The number of nitrogens with zero attached hydrogens (tertiary/aromatic N) is 1. The Kier molecular flexibility index (Phi) is 5.51. The monoisotopic (exact) mass is 322 g/mol. The predicted octanol–water partition coefficient (Wildman–Crippen LogP) is 0.967. The van der Waals surface area contributed by atoms with Gasteiger partial charge >= 0.3 is 0 Å². The molecule has 1 aromatic rings. The lowest BCUT2D eigenvalue weighted by Crippen LogP contribution is -2.52. The molecule has 0 bridgehead atoms. The van der Waals surface area contributed by atoms with Crippen LogP contribution in [-0.4, -0.2) is 23.7 Å². The van der Waals surface area contributed by atoms with Crippen molar-refractivity contribution in [2.24, 2.45) is 22.4 Å². The highest BCUT2D eigenvalue weighted by molar-refractivity contribution is 6.31. The maximum Gasteiger partial charge on any atom is 0.242 e. The molecule has 1 atom stereocenters. The highest BCUT2D eigenvalue weighted by Crippen LogP contribution is 2.26. The fraction of sp³-hybridized carbons (Fsp3) is 0.400. The summed E-state index contributed by atoms with van der Waals surface area (Å²) < 4.78 is 0. The van der Waals surface area contributed by atoms with Gasteiger partial charge in [0.25, 0.3) is 0 Å². The minimum absolute atomic E-state index is 0.0365. The third-order valence-electron chi connectivity index (χ3n) is 3.71. The lowest BCUT2D eigenvalue weighted by atomic mass is 9.85. The number of hydrogen-bond acceptors (Lipinski definition) is 4. The quantitative estimate of drug-likeness (QED) is 0.554. The van der Waals surface area contributed by atoms with E-state index >= 15 is 0 Å². The molecule has 5 N–H and O–H groups in total. The van der Waals surface area contributed by atoms with E-state index in [1.54, 1.807) is 6.07 Å². The van der Waals surface area contributed by atoms with Crippen molar-refractivity contribution in [2.75, 3.05) is 0 Å². The van der Waals surface area contributed by atoms with Gasteiger partial charge in [-0.05, 0) is 24.5 Å². The van der Waals surface area contributed by atoms with Gasteiger partial charge in [-0.2, -0.15) is 0 Å². The number of nitrogens with one attached hydrogen (secondary N) is 1. The van der Waals surface area contributed by atoms with Crippen LogP contribution in [0.15, 0.2) is 29.3 Å². The first kappa shape index (κ1) is 16.5. The molecule has 0 heterocycles. The van der Waals surface area contributed by atoms with Gasteiger partial charge in [-0.15, -0.1) is 0 Å². The number of benzene rings is 1. The molecular formula is C15H19ClN4O2. The summed E-state index contributed by atoms with van der Waals surface area (Å²) in [5, 5.41) is 3.19. The van der Waals surface area contributed by atoms with Crippen LogP contribution in [0.1, 0.15) is 24.8 Å². The molecule has 22 heavy (non-hydrogen) atoms. The van der Waals surface area contributed by atoms with Crippen LogP contribution in [0.4, 0.5) is 0 Å². The Hall–Kier alpha value is -1.92. The van der Waals surface area contributed by atoms with Crippen LogP contribution in [0.25, 0.3) is 0 Å². The van der Waals surface area contributed by atoms with E-state index in [-0.39, 0.29) is 24.2 Å². The number of hydrogen-bond donors (Lipinski definition) is 3. The van der Waals surface area contributed by atoms with Gasteiger partial charge in [0.15, 0.2) is 0 Å². The number of amides is 2. The molecule has 1 fully saturated rings. The van der Waals surface area contributed by atoms with Crippen LogP contribution in [0.2, 0.25) is 5.02 Å². The molecule has 1 aliphatic rings. The topological polar surface area (TPSA) is 111 Å². The van der Waals surface area contributed by atoms with Crippen molar-refractivity contribution in [1.82, 2.24) is 5.32 Å². The van der Waals surface area contributed by atoms with Crippen molar-refractivity contribution in [1.29, 1.82) is 0 Å². The van der Waals surface area contributed by atoms with Gasteiger partial charge in [0.2, 0.25) is 11.8 Å². The van der Waals surface area contributed by atoms with Crippen molar-refractivity contribution in [2.45, 2.75) is 31.8 Å². The van der Waals surface area contributed by atoms with E-state index in [9.17, 15) is 9.59 Å². The van der Waals surface area contributed by atoms with Crippen LogP contribution < -0.4 is 16.8 Å². The Morgan fingerprint density at radius 3 is 2.59 bits per heavy atom. The van der Waals surface area contributed by atoms with E-state index in [1.165, 1.54) is 0 Å². The van der Waals surface area contributed by atoms with Gasteiger partial charge in [-0.25, -0.2) is 0 Å². The molecule has 7 heteroatoms. The van der Waals surface area contributed by atoms with E-state index in [0.717, 1.165) is 24.8 Å². The maximum absolute atomic E-state index is 12.0. The zero-order chi connectivity index (χ0) is 16.1. The number of aliphatic imine (C=N–C) groups is 1. The Morgan fingerprint density at radius 2 is 2.05 bits per heavy atom. The third kappa shape index (κ3) is 4.05. The van der Waals surface area contributed by atoms with E-state index in [2.05, 4.69) is 10.3 Å². The fourth-order valence-corrected chi connectivity index (χ4v) is 2.24.